The number of piperazine rings is 1. The fourth-order valence-corrected chi connectivity index (χ4v) is 3.78. The van der Waals surface area contributed by atoms with Crippen molar-refractivity contribution in [2.75, 3.05) is 37.7 Å². The van der Waals surface area contributed by atoms with Gasteiger partial charge in [-0.3, -0.25) is 4.79 Å². The zero-order valence-electron chi connectivity index (χ0n) is 17.7. The predicted molar refractivity (Wildman–Crippen MR) is 119 cm³/mol. The van der Waals surface area contributed by atoms with E-state index < -0.39 is 0 Å². The lowest BCUT2D eigenvalue weighted by atomic mass is 10.2. The van der Waals surface area contributed by atoms with Gasteiger partial charge in [0.15, 0.2) is 5.82 Å². The van der Waals surface area contributed by atoms with Gasteiger partial charge in [-0.05, 0) is 43.2 Å². The first-order valence-corrected chi connectivity index (χ1v) is 10.6. The predicted octanol–water partition coefficient (Wildman–Crippen LogP) is 3.62. The molecule has 1 saturated heterocycles. The minimum Gasteiger partial charge on any atom is -0.493 e. The molecular formula is C24H28N4O2. The molecule has 0 unspecified atom stereocenters. The van der Waals surface area contributed by atoms with Gasteiger partial charge >= 0.3 is 0 Å². The summed E-state index contributed by atoms with van der Waals surface area (Å²) in [5.74, 6) is 1.87. The summed E-state index contributed by atoms with van der Waals surface area (Å²) in [7, 11) is 0. The molecular weight excluding hydrogens is 376 g/mol. The molecule has 1 aliphatic rings. The minimum atomic E-state index is 0.140. The van der Waals surface area contributed by atoms with Crippen LogP contribution < -0.4 is 9.64 Å². The highest BCUT2D eigenvalue weighted by Gasteiger charge is 2.23. The first kappa shape index (κ1) is 20.1. The monoisotopic (exact) mass is 404 g/mol. The van der Waals surface area contributed by atoms with Crippen molar-refractivity contribution in [2.24, 2.45) is 0 Å². The average molecular weight is 405 g/mol. The fraction of sp³-hybridized carbons (Fsp3) is 0.375. The summed E-state index contributed by atoms with van der Waals surface area (Å²) in [6.07, 6.45) is 1.40. The molecule has 1 fully saturated rings. The first-order valence-electron chi connectivity index (χ1n) is 10.6. The Morgan fingerprint density at radius 3 is 2.30 bits per heavy atom. The quantitative estimate of drug-likeness (QED) is 0.628. The fourth-order valence-electron chi connectivity index (χ4n) is 3.78. The zero-order chi connectivity index (χ0) is 20.9. The van der Waals surface area contributed by atoms with Crippen LogP contribution in [0.25, 0.3) is 11.0 Å². The van der Waals surface area contributed by atoms with Crippen molar-refractivity contribution in [2.45, 2.75) is 26.7 Å². The maximum absolute atomic E-state index is 12.6. The molecule has 1 aromatic heterocycles. The molecule has 2 aromatic carbocycles. The third-order valence-corrected chi connectivity index (χ3v) is 5.57. The van der Waals surface area contributed by atoms with E-state index in [1.165, 1.54) is 5.56 Å². The lowest BCUT2D eigenvalue weighted by molar-refractivity contribution is -0.132. The molecule has 6 heteroatoms. The number of para-hydroxylation sites is 2. The van der Waals surface area contributed by atoms with Crippen molar-refractivity contribution in [3.05, 3.63) is 59.8 Å². The number of hydrogen-bond acceptors (Lipinski definition) is 5. The molecule has 0 bridgehead atoms. The zero-order valence-corrected chi connectivity index (χ0v) is 17.7. The second-order valence-corrected chi connectivity index (χ2v) is 7.59. The van der Waals surface area contributed by atoms with Crippen LogP contribution in [-0.4, -0.2) is 53.6 Å². The molecule has 3 aromatic rings. The normalized spacial score (nSPS) is 14.2. The Morgan fingerprint density at radius 1 is 0.967 bits per heavy atom. The van der Waals surface area contributed by atoms with Crippen LogP contribution in [0.1, 0.15) is 24.6 Å². The first-order chi connectivity index (χ1) is 14.6. The van der Waals surface area contributed by atoms with Crippen LogP contribution >= 0.6 is 0 Å². The van der Waals surface area contributed by atoms with Gasteiger partial charge in [-0.2, -0.15) is 0 Å². The Balaban J connectivity index is 1.28. The van der Waals surface area contributed by atoms with Gasteiger partial charge in [-0.1, -0.05) is 31.2 Å². The molecule has 6 nitrogen and oxygen atoms in total. The highest BCUT2D eigenvalue weighted by atomic mass is 16.5. The molecule has 0 atom stereocenters. The molecule has 0 saturated carbocycles. The molecule has 2 heterocycles. The lowest BCUT2D eigenvalue weighted by Crippen LogP contribution is -2.49. The number of ether oxygens (including phenoxy) is 1. The van der Waals surface area contributed by atoms with E-state index in [0.717, 1.165) is 47.8 Å². The number of benzene rings is 2. The van der Waals surface area contributed by atoms with E-state index in [9.17, 15) is 4.79 Å². The maximum atomic E-state index is 12.6. The Hall–Kier alpha value is -3.15. The van der Waals surface area contributed by atoms with Gasteiger partial charge in [0.25, 0.3) is 0 Å². The number of amides is 1. The maximum Gasteiger partial charge on any atom is 0.226 e. The van der Waals surface area contributed by atoms with Gasteiger partial charge in [-0.15, -0.1) is 0 Å². The summed E-state index contributed by atoms with van der Waals surface area (Å²) in [4.78, 5) is 26.2. The molecule has 1 aliphatic heterocycles. The molecule has 1 amide bonds. The Morgan fingerprint density at radius 2 is 1.63 bits per heavy atom. The number of hydrogen-bond donors (Lipinski definition) is 0. The summed E-state index contributed by atoms with van der Waals surface area (Å²) in [6, 6.07) is 16.0. The summed E-state index contributed by atoms with van der Waals surface area (Å²) < 4.78 is 5.74. The number of aryl methyl sites for hydroxylation is 2. The third-order valence-electron chi connectivity index (χ3n) is 5.57. The summed E-state index contributed by atoms with van der Waals surface area (Å²) in [6.45, 7) is 7.44. The van der Waals surface area contributed by atoms with Crippen molar-refractivity contribution in [3.8, 4) is 5.75 Å². The third kappa shape index (κ3) is 4.53. The van der Waals surface area contributed by atoms with Crippen LogP contribution in [0.15, 0.2) is 48.5 Å². The number of fused-ring (bicyclic) bond motifs is 1. The number of aromatic nitrogens is 2. The standard InChI is InChI=1S/C24H28N4O2/c1-3-19-8-10-20(11-9-19)30-17-12-23(29)27-13-15-28(16-14-27)24-18(2)25-21-6-4-5-7-22(21)26-24/h4-11H,3,12-17H2,1-2H3. The van der Waals surface area contributed by atoms with Gasteiger partial charge in [-0.25, -0.2) is 9.97 Å². The Labute approximate surface area is 177 Å². The molecule has 0 N–H and O–H groups in total. The van der Waals surface area contributed by atoms with E-state index in [1.54, 1.807) is 0 Å². The topological polar surface area (TPSA) is 58.6 Å². The van der Waals surface area contributed by atoms with E-state index in [2.05, 4.69) is 28.9 Å². The van der Waals surface area contributed by atoms with E-state index in [4.69, 9.17) is 9.72 Å². The van der Waals surface area contributed by atoms with Gasteiger partial charge in [0.1, 0.15) is 5.75 Å². The van der Waals surface area contributed by atoms with Crippen LogP contribution in [0.5, 0.6) is 5.75 Å². The van der Waals surface area contributed by atoms with Crippen molar-refractivity contribution in [1.82, 2.24) is 14.9 Å². The SMILES string of the molecule is CCc1ccc(OCCC(=O)N2CCN(c3nc4ccccc4nc3C)CC2)cc1. The van der Waals surface area contributed by atoms with E-state index >= 15 is 0 Å². The highest BCUT2D eigenvalue weighted by molar-refractivity contribution is 5.77. The largest absolute Gasteiger partial charge is 0.493 e. The second-order valence-electron chi connectivity index (χ2n) is 7.59. The number of carbonyl (C=O) groups is 1. The van der Waals surface area contributed by atoms with E-state index in [0.29, 0.717) is 26.1 Å². The van der Waals surface area contributed by atoms with Crippen LogP contribution in [0.3, 0.4) is 0 Å². The van der Waals surface area contributed by atoms with Crippen molar-refractivity contribution < 1.29 is 9.53 Å². The summed E-state index contributed by atoms with van der Waals surface area (Å²) >= 11 is 0. The van der Waals surface area contributed by atoms with Gasteiger partial charge in [0.2, 0.25) is 5.91 Å². The number of rotatable bonds is 6. The van der Waals surface area contributed by atoms with Gasteiger partial charge in [0.05, 0.1) is 29.8 Å². The second kappa shape index (κ2) is 9.11. The smallest absolute Gasteiger partial charge is 0.226 e. The van der Waals surface area contributed by atoms with Crippen molar-refractivity contribution >= 4 is 22.8 Å². The van der Waals surface area contributed by atoms with Crippen LogP contribution in [0.4, 0.5) is 5.82 Å². The van der Waals surface area contributed by atoms with E-state index in [1.807, 2.05) is 48.2 Å². The van der Waals surface area contributed by atoms with Gasteiger partial charge in [0, 0.05) is 26.2 Å². The molecule has 0 spiro atoms. The highest BCUT2D eigenvalue weighted by Crippen LogP contribution is 2.21. The van der Waals surface area contributed by atoms with E-state index in [-0.39, 0.29) is 5.91 Å². The molecule has 30 heavy (non-hydrogen) atoms. The van der Waals surface area contributed by atoms with Crippen LogP contribution in [0, 0.1) is 6.92 Å². The van der Waals surface area contributed by atoms with Crippen LogP contribution in [0.2, 0.25) is 0 Å². The lowest BCUT2D eigenvalue weighted by Gasteiger charge is -2.36. The number of anilines is 1. The average Bonchev–Trinajstić information content (AvgIpc) is 2.79. The molecule has 4 rings (SSSR count). The van der Waals surface area contributed by atoms with Gasteiger partial charge < -0.3 is 14.5 Å². The molecule has 0 aliphatic carbocycles. The minimum absolute atomic E-state index is 0.140. The molecule has 156 valence electrons. The van der Waals surface area contributed by atoms with Crippen molar-refractivity contribution in [1.29, 1.82) is 0 Å². The Bertz CT molecular complexity index is 1010. The van der Waals surface area contributed by atoms with Crippen LogP contribution in [-0.2, 0) is 11.2 Å². The number of nitrogens with zero attached hydrogens (tertiary/aromatic N) is 4. The summed E-state index contributed by atoms with van der Waals surface area (Å²) in [5, 5.41) is 0. The Kier molecular flexibility index (Phi) is 6.12. The summed E-state index contributed by atoms with van der Waals surface area (Å²) in [5.41, 5.74) is 4.02. The molecule has 0 radical (unpaired) electrons. The van der Waals surface area contributed by atoms with Crippen molar-refractivity contribution in [3.63, 3.8) is 0 Å². The number of carbonyl (C=O) groups excluding carboxylic acids is 1.